The van der Waals surface area contributed by atoms with Crippen LogP contribution < -0.4 is 5.32 Å². The van der Waals surface area contributed by atoms with Crippen LogP contribution in [0.2, 0.25) is 0 Å². The summed E-state index contributed by atoms with van der Waals surface area (Å²) in [7, 11) is 0. The average Bonchev–Trinajstić information content (AvgIpc) is 2.41. The van der Waals surface area contributed by atoms with Gasteiger partial charge in [-0.2, -0.15) is 0 Å². The highest BCUT2D eigenvalue weighted by Crippen LogP contribution is 2.44. The second kappa shape index (κ2) is 2.33. The van der Waals surface area contributed by atoms with E-state index in [1.807, 2.05) is 0 Å². The molecular weight excluding hydrogens is 146 g/mol. The highest BCUT2D eigenvalue weighted by atomic mass is 14.9. The number of hydrogen-bond acceptors (Lipinski definition) is 1. The van der Waals surface area contributed by atoms with E-state index in [9.17, 15) is 0 Å². The maximum atomic E-state index is 3.57. The molecule has 1 saturated heterocycles. The van der Waals surface area contributed by atoms with Gasteiger partial charge in [-0.05, 0) is 36.4 Å². The number of nitrogens with one attached hydrogen (secondary N) is 1. The Morgan fingerprint density at radius 2 is 2.00 bits per heavy atom. The lowest BCUT2D eigenvalue weighted by molar-refractivity contribution is 0.410. The molecule has 1 aromatic carbocycles. The van der Waals surface area contributed by atoms with Crippen molar-refractivity contribution < 1.29 is 0 Å². The van der Waals surface area contributed by atoms with E-state index in [2.05, 4.69) is 29.6 Å². The van der Waals surface area contributed by atoms with Crippen molar-refractivity contribution in [3.63, 3.8) is 0 Å². The van der Waals surface area contributed by atoms with Crippen molar-refractivity contribution >= 4 is 0 Å². The largest absolute Gasteiger partial charge is 0.310 e. The van der Waals surface area contributed by atoms with Crippen LogP contribution >= 0.6 is 0 Å². The molecule has 2 aliphatic rings. The van der Waals surface area contributed by atoms with Crippen LogP contribution in [0.1, 0.15) is 35.9 Å². The van der Waals surface area contributed by atoms with Gasteiger partial charge in [0.05, 0.1) is 0 Å². The second-order valence-electron chi connectivity index (χ2n) is 3.86. The molecule has 1 fully saturated rings. The highest BCUT2D eigenvalue weighted by molar-refractivity contribution is 5.38. The molecule has 0 aromatic heterocycles. The molecule has 1 heterocycles. The number of hydrogen-bond donors (Lipinski definition) is 1. The van der Waals surface area contributed by atoms with Crippen molar-refractivity contribution in [1.29, 1.82) is 0 Å². The van der Waals surface area contributed by atoms with E-state index >= 15 is 0 Å². The lowest BCUT2D eigenvalue weighted by atomic mass is 9.97. The molecule has 3 rings (SSSR count). The van der Waals surface area contributed by atoms with Gasteiger partial charge in [-0.25, -0.2) is 0 Å². The third-order valence-corrected chi connectivity index (χ3v) is 3.22. The van der Waals surface area contributed by atoms with Gasteiger partial charge in [0.25, 0.3) is 0 Å². The van der Waals surface area contributed by atoms with E-state index in [-0.39, 0.29) is 0 Å². The van der Waals surface area contributed by atoms with Gasteiger partial charge in [-0.3, -0.25) is 0 Å². The van der Waals surface area contributed by atoms with E-state index in [0.29, 0.717) is 6.04 Å². The minimum atomic E-state index is 0.667. The fourth-order valence-corrected chi connectivity index (χ4v) is 2.64. The third kappa shape index (κ3) is 0.774. The summed E-state index contributed by atoms with van der Waals surface area (Å²) in [5, 5.41) is 3.57. The first-order valence-electron chi connectivity index (χ1n) is 4.77. The van der Waals surface area contributed by atoms with Crippen LogP contribution in [-0.2, 0) is 0 Å². The Balaban J connectivity index is 2.16. The van der Waals surface area contributed by atoms with Gasteiger partial charge >= 0.3 is 0 Å². The maximum Gasteiger partial charge on any atom is 0.0328 e. The summed E-state index contributed by atoms with van der Waals surface area (Å²) >= 11 is 0. The Morgan fingerprint density at radius 1 is 1.17 bits per heavy atom. The molecule has 2 bridgehead atoms. The van der Waals surface area contributed by atoms with Crippen LogP contribution in [0.3, 0.4) is 0 Å². The van der Waals surface area contributed by atoms with Gasteiger partial charge in [-0.1, -0.05) is 24.3 Å². The summed E-state index contributed by atoms with van der Waals surface area (Å²) in [6, 6.07) is 9.56. The van der Waals surface area contributed by atoms with Crippen LogP contribution in [0.4, 0.5) is 0 Å². The monoisotopic (exact) mass is 159 g/mol. The minimum absolute atomic E-state index is 0.667. The molecule has 0 amide bonds. The molecule has 0 spiro atoms. The van der Waals surface area contributed by atoms with E-state index in [0.717, 1.165) is 5.92 Å². The lowest BCUT2D eigenvalue weighted by Crippen LogP contribution is -2.24. The van der Waals surface area contributed by atoms with E-state index in [4.69, 9.17) is 0 Å². The van der Waals surface area contributed by atoms with Crippen molar-refractivity contribution in [2.75, 3.05) is 6.54 Å². The standard InChI is InChI=1S/C11H13N/c1-2-4-10-9(3-1)8-5-6-12-11(10)7-8/h1-4,8,11-12H,5-7H2/t8?,11-/m1/s1. The summed E-state index contributed by atoms with van der Waals surface area (Å²) in [5.41, 5.74) is 3.16. The van der Waals surface area contributed by atoms with Crippen molar-refractivity contribution in [3.8, 4) is 0 Å². The molecular formula is C11H13N. The zero-order chi connectivity index (χ0) is 7.97. The second-order valence-corrected chi connectivity index (χ2v) is 3.86. The predicted octanol–water partition coefficient (Wildman–Crippen LogP) is 2.21. The minimum Gasteiger partial charge on any atom is -0.310 e. The summed E-state index contributed by atoms with van der Waals surface area (Å²) in [6.07, 6.45) is 2.66. The van der Waals surface area contributed by atoms with Gasteiger partial charge in [0, 0.05) is 6.04 Å². The first-order valence-corrected chi connectivity index (χ1v) is 4.77. The Morgan fingerprint density at radius 3 is 2.92 bits per heavy atom. The number of benzene rings is 1. The van der Waals surface area contributed by atoms with Gasteiger partial charge in [0.2, 0.25) is 0 Å². The van der Waals surface area contributed by atoms with Crippen LogP contribution in [0.5, 0.6) is 0 Å². The molecule has 1 aliphatic carbocycles. The molecule has 62 valence electrons. The molecule has 1 heteroatoms. The smallest absolute Gasteiger partial charge is 0.0328 e. The van der Waals surface area contributed by atoms with Gasteiger partial charge in [0.15, 0.2) is 0 Å². The molecule has 0 radical (unpaired) electrons. The molecule has 1 unspecified atom stereocenters. The summed E-state index contributed by atoms with van der Waals surface area (Å²) < 4.78 is 0. The van der Waals surface area contributed by atoms with Gasteiger partial charge < -0.3 is 5.32 Å². The normalized spacial score (nSPS) is 31.7. The van der Waals surface area contributed by atoms with Crippen LogP contribution in [0.15, 0.2) is 24.3 Å². The molecule has 0 saturated carbocycles. The fourth-order valence-electron chi connectivity index (χ4n) is 2.64. The van der Waals surface area contributed by atoms with Crippen molar-refractivity contribution in [1.82, 2.24) is 5.32 Å². The summed E-state index contributed by atoms with van der Waals surface area (Å²) in [5.74, 6) is 0.854. The molecule has 1 N–H and O–H groups in total. The zero-order valence-electron chi connectivity index (χ0n) is 7.09. The van der Waals surface area contributed by atoms with E-state index in [1.54, 1.807) is 11.1 Å². The average molecular weight is 159 g/mol. The van der Waals surface area contributed by atoms with Crippen molar-refractivity contribution in [2.45, 2.75) is 24.8 Å². The number of fused-ring (bicyclic) bond motifs is 5. The molecule has 12 heavy (non-hydrogen) atoms. The first kappa shape index (κ1) is 6.67. The SMILES string of the molecule is c1ccc2c(c1)C1CCN[C@@H]2C1. The van der Waals surface area contributed by atoms with Crippen LogP contribution in [0, 0.1) is 0 Å². The highest BCUT2D eigenvalue weighted by Gasteiger charge is 2.32. The quantitative estimate of drug-likeness (QED) is 0.612. The molecule has 1 aliphatic heterocycles. The lowest BCUT2D eigenvalue weighted by Gasteiger charge is -2.20. The van der Waals surface area contributed by atoms with Gasteiger partial charge in [-0.15, -0.1) is 0 Å². The first-order chi connectivity index (χ1) is 5.95. The zero-order valence-corrected chi connectivity index (χ0v) is 7.09. The number of piperidine rings is 1. The Kier molecular flexibility index (Phi) is 1.30. The summed E-state index contributed by atoms with van der Waals surface area (Å²) in [4.78, 5) is 0. The third-order valence-electron chi connectivity index (χ3n) is 3.22. The molecule has 1 aromatic rings. The fraction of sp³-hybridized carbons (Fsp3) is 0.455. The van der Waals surface area contributed by atoms with Crippen LogP contribution in [-0.4, -0.2) is 6.54 Å². The van der Waals surface area contributed by atoms with Gasteiger partial charge in [0.1, 0.15) is 0 Å². The van der Waals surface area contributed by atoms with E-state index in [1.165, 1.54) is 19.4 Å². The van der Waals surface area contributed by atoms with Crippen molar-refractivity contribution in [2.24, 2.45) is 0 Å². The topological polar surface area (TPSA) is 12.0 Å². The van der Waals surface area contributed by atoms with E-state index < -0.39 is 0 Å². The maximum absolute atomic E-state index is 3.57. The summed E-state index contributed by atoms with van der Waals surface area (Å²) in [6.45, 7) is 1.20. The Labute approximate surface area is 72.8 Å². The predicted molar refractivity (Wildman–Crippen MR) is 49.2 cm³/mol. The van der Waals surface area contributed by atoms with Crippen molar-refractivity contribution in [3.05, 3.63) is 35.4 Å². The van der Waals surface area contributed by atoms with Crippen LogP contribution in [0.25, 0.3) is 0 Å². The number of rotatable bonds is 0. The molecule has 2 atom stereocenters. The molecule has 1 nitrogen and oxygen atoms in total. The Bertz CT molecular complexity index is 277. The Hall–Kier alpha value is -0.820.